The smallest absolute Gasteiger partial charge is 0.472 e. The number of phosphoric acid groups is 1. The summed E-state index contributed by atoms with van der Waals surface area (Å²) in [6.45, 7) is -0.466. The van der Waals surface area contributed by atoms with Gasteiger partial charge in [0.15, 0.2) is 12.2 Å². The van der Waals surface area contributed by atoms with Crippen LogP contribution in [0, 0.1) is 0 Å². The van der Waals surface area contributed by atoms with Crippen molar-refractivity contribution in [3.05, 3.63) is 0 Å². The van der Waals surface area contributed by atoms with E-state index in [9.17, 15) is 38.2 Å². The maximum atomic E-state index is 12.2. The average Bonchev–Trinajstić information content (AvgIpc) is 2.76. The number of carbonyl (C=O) groups is 6. The van der Waals surface area contributed by atoms with Crippen LogP contribution >= 0.6 is 7.82 Å². The van der Waals surface area contributed by atoms with E-state index in [0.717, 1.165) is 13.8 Å². The number of phosphoric ester groups is 1. The van der Waals surface area contributed by atoms with Crippen LogP contribution in [0.25, 0.3) is 0 Å². The van der Waals surface area contributed by atoms with E-state index >= 15 is 0 Å². The molecule has 2 unspecified atom stereocenters. The number of rotatable bonds is 20. The van der Waals surface area contributed by atoms with Gasteiger partial charge in [0, 0.05) is 39.5 Å². The van der Waals surface area contributed by atoms with Crippen LogP contribution in [0.5, 0.6) is 0 Å². The van der Waals surface area contributed by atoms with Gasteiger partial charge in [0.25, 0.3) is 0 Å². The van der Waals surface area contributed by atoms with Crippen molar-refractivity contribution in [2.24, 2.45) is 0 Å². The van der Waals surface area contributed by atoms with E-state index in [1.165, 1.54) is 0 Å². The van der Waals surface area contributed by atoms with Crippen LogP contribution in [0.4, 0.5) is 0 Å². The molecule has 0 spiro atoms. The highest BCUT2D eigenvalue weighted by Gasteiger charge is 2.28. The third-order valence-electron chi connectivity index (χ3n) is 3.92. The molecule has 3 atom stereocenters. The fraction of sp³-hybridized carbons (Fsp3) is 0.700. The fourth-order valence-electron chi connectivity index (χ4n) is 2.34. The van der Waals surface area contributed by atoms with Crippen molar-refractivity contribution in [3.63, 3.8) is 0 Å². The van der Waals surface area contributed by atoms with Gasteiger partial charge in [-0.15, -0.1) is 0 Å². The quantitative estimate of drug-likeness (QED) is 0.105. The molecular weight excluding hydrogens is 527 g/mol. The Balaban J connectivity index is 4.98. The monoisotopic (exact) mass is 558 g/mol. The zero-order valence-corrected chi connectivity index (χ0v) is 21.2. The first kappa shape index (κ1) is 33.9. The molecule has 0 aliphatic rings. The van der Waals surface area contributed by atoms with Crippen LogP contribution in [0.3, 0.4) is 0 Å². The minimum atomic E-state index is -4.85. The van der Waals surface area contributed by atoms with Gasteiger partial charge in [-0.25, -0.2) is 4.57 Å². The molecule has 37 heavy (non-hydrogen) atoms. The molecule has 0 aliphatic heterocycles. The fourth-order valence-corrected chi connectivity index (χ4v) is 3.12. The zero-order chi connectivity index (χ0) is 28.4. The number of esters is 4. The highest BCUT2D eigenvalue weighted by Crippen LogP contribution is 2.43. The Hall–Kier alpha value is -3.07. The number of ether oxygens (including phenoxy) is 4. The number of carboxylic acid groups (broad SMARTS) is 2. The van der Waals surface area contributed by atoms with Crippen LogP contribution in [0.1, 0.15) is 52.4 Å². The molecule has 0 aromatic heterocycles. The average molecular weight is 558 g/mol. The van der Waals surface area contributed by atoms with Crippen molar-refractivity contribution in [3.8, 4) is 0 Å². The lowest BCUT2D eigenvalue weighted by atomic mass is 10.2. The summed E-state index contributed by atoms with van der Waals surface area (Å²) in [6.07, 6.45) is -3.88. The Bertz CT molecular complexity index is 840. The summed E-state index contributed by atoms with van der Waals surface area (Å²) in [5.74, 6) is -5.47. The summed E-state index contributed by atoms with van der Waals surface area (Å²) in [5, 5.41) is 17.2. The second-order valence-electron chi connectivity index (χ2n) is 7.38. The van der Waals surface area contributed by atoms with E-state index in [4.69, 9.17) is 33.5 Å². The molecule has 0 fully saturated rings. The van der Waals surface area contributed by atoms with Crippen LogP contribution in [-0.4, -0.2) is 89.6 Å². The van der Waals surface area contributed by atoms with Crippen molar-refractivity contribution in [2.75, 3.05) is 26.4 Å². The molecule has 0 aromatic carbocycles. The number of carbonyl (C=O) groups excluding carboxylic acids is 4. The largest absolute Gasteiger partial charge is 0.481 e. The Labute approximate surface area is 211 Å². The first-order valence-electron chi connectivity index (χ1n) is 10.9. The van der Waals surface area contributed by atoms with Crippen molar-refractivity contribution in [1.29, 1.82) is 0 Å². The summed E-state index contributed by atoms with van der Waals surface area (Å²) in [6, 6.07) is 0. The summed E-state index contributed by atoms with van der Waals surface area (Å²) in [5.41, 5.74) is 0. The highest BCUT2D eigenvalue weighted by molar-refractivity contribution is 7.47. The Morgan fingerprint density at radius 3 is 1.57 bits per heavy atom. The van der Waals surface area contributed by atoms with Crippen LogP contribution in [0.15, 0.2) is 0 Å². The molecule has 212 valence electrons. The molecule has 16 nitrogen and oxygen atoms in total. The van der Waals surface area contributed by atoms with Crippen LogP contribution < -0.4 is 0 Å². The van der Waals surface area contributed by atoms with Gasteiger partial charge in [-0.3, -0.25) is 37.8 Å². The van der Waals surface area contributed by atoms with Crippen molar-refractivity contribution in [1.82, 2.24) is 0 Å². The predicted molar refractivity (Wildman–Crippen MR) is 118 cm³/mol. The van der Waals surface area contributed by atoms with Gasteiger partial charge in [-0.05, 0) is 12.8 Å². The third-order valence-corrected chi connectivity index (χ3v) is 4.87. The number of hydrogen-bond donors (Lipinski definition) is 3. The maximum absolute atomic E-state index is 12.2. The SMILES string of the molecule is CC(=O)OC[C@H](COP(=O)(O)OCC(COC(=O)CCCC(=O)O)OC(=O)CCCC(=O)O)OC(C)=O. The maximum Gasteiger partial charge on any atom is 0.472 e. The molecular formula is C20H31O16P. The first-order chi connectivity index (χ1) is 17.2. The first-order valence-corrected chi connectivity index (χ1v) is 12.4. The minimum absolute atomic E-state index is 0.0131. The topological polar surface area (TPSA) is 236 Å². The van der Waals surface area contributed by atoms with E-state index in [-0.39, 0.29) is 38.5 Å². The number of carboxylic acids is 2. The van der Waals surface area contributed by atoms with Crippen molar-refractivity contribution >= 4 is 43.6 Å². The van der Waals surface area contributed by atoms with E-state index in [2.05, 4.69) is 4.74 Å². The lowest BCUT2D eigenvalue weighted by molar-refractivity contribution is -0.162. The van der Waals surface area contributed by atoms with Crippen LogP contribution in [0.2, 0.25) is 0 Å². The molecule has 0 rings (SSSR count). The molecule has 0 bridgehead atoms. The lowest BCUT2D eigenvalue weighted by Gasteiger charge is -2.21. The summed E-state index contributed by atoms with van der Waals surface area (Å²) >= 11 is 0. The van der Waals surface area contributed by atoms with E-state index in [0.29, 0.717) is 0 Å². The summed E-state index contributed by atoms with van der Waals surface area (Å²) in [4.78, 5) is 76.8. The van der Waals surface area contributed by atoms with Gasteiger partial charge in [0.2, 0.25) is 0 Å². The Morgan fingerprint density at radius 1 is 0.649 bits per heavy atom. The predicted octanol–water partition coefficient (Wildman–Crippen LogP) is 0.580. The van der Waals surface area contributed by atoms with Gasteiger partial charge >= 0.3 is 43.6 Å². The lowest BCUT2D eigenvalue weighted by Crippen LogP contribution is -2.30. The van der Waals surface area contributed by atoms with Crippen LogP contribution in [-0.2, 0) is 61.3 Å². The number of aliphatic carboxylic acids is 2. The molecule has 3 N–H and O–H groups in total. The van der Waals surface area contributed by atoms with Gasteiger partial charge < -0.3 is 34.1 Å². The third kappa shape index (κ3) is 20.8. The van der Waals surface area contributed by atoms with Gasteiger partial charge in [-0.2, -0.15) is 0 Å². The standard InChI is InChI=1S/C20H31O16P/c1-13(21)31-9-15(35-14(2)22)11-33-37(29,30)34-12-16(36-20(28)8-4-6-18(25)26)10-32-19(27)7-3-5-17(23)24/h15-16H,3-12H2,1-2H3,(H,23,24)(H,25,26)(H,29,30)/t15-,16?/m1/s1. The number of hydrogen-bond acceptors (Lipinski definition) is 13. The normalized spacial score (nSPS) is 13.9. The zero-order valence-electron chi connectivity index (χ0n) is 20.3. The van der Waals surface area contributed by atoms with E-state index < -0.39 is 82.3 Å². The minimum Gasteiger partial charge on any atom is -0.481 e. The second kappa shape index (κ2) is 18.2. The van der Waals surface area contributed by atoms with Crippen molar-refractivity contribution in [2.45, 2.75) is 64.6 Å². The molecule has 0 amide bonds. The summed E-state index contributed by atoms with van der Waals surface area (Å²) < 4.78 is 41.1. The Kier molecular flexibility index (Phi) is 16.7. The molecule has 0 radical (unpaired) electrons. The summed E-state index contributed by atoms with van der Waals surface area (Å²) in [7, 11) is -4.85. The van der Waals surface area contributed by atoms with Gasteiger partial charge in [0.05, 0.1) is 13.2 Å². The molecule has 0 aliphatic carbocycles. The van der Waals surface area contributed by atoms with Gasteiger partial charge in [-0.1, -0.05) is 0 Å². The molecule has 17 heteroatoms. The Morgan fingerprint density at radius 2 is 1.11 bits per heavy atom. The molecule has 0 saturated carbocycles. The molecule has 0 heterocycles. The van der Waals surface area contributed by atoms with E-state index in [1.807, 2.05) is 0 Å². The molecule has 0 aromatic rings. The molecule has 0 saturated heterocycles. The highest BCUT2D eigenvalue weighted by atomic mass is 31.2. The van der Waals surface area contributed by atoms with Crippen molar-refractivity contribution < 1.29 is 76.4 Å². The van der Waals surface area contributed by atoms with Gasteiger partial charge in [0.1, 0.15) is 13.2 Å². The second-order valence-corrected chi connectivity index (χ2v) is 8.84. The van der Waals surface area contributed by atoms with E-state index in [1.54, 1.807) is 0 Å².